The van der Waals surface area contributed by atoms with Gasteiger partial charge in [-0.25, -0.2) is 4.39 Å². The summed E-state index contributed by atoms with van der Waals surface area (Å²) in [5, 5.41) is 9.27. The van der Waals surface area contributed by atoms with Crippen molar-refractivity contribution in [3.8, 4) is 6.07 Å². The number of nitrogens with zero attached hydrogens (tertiary/aromatic N) is 1. The normalized spacial score (nSPS) is 11.6. The summed E-state index contributed by atoms with van der Waals surface area (Å²) in [5.74, 6) is -0.411. The summed E-state index contributed by atoms with van der Waals surface area (Å²) in [6.07, 6.45) is 0. The maximum Gasteiger partial charge on any atom is 0.138 e. The van der Waals surface area contributed by atoms with Gasteiger partial charge in [0.05, 0.1) is 15.7 Å². The standard InChI is InChI=1S/C15H10BrFN2/c16-14-11(7-4-8-13(14)17)15(19)12(9-18)10-5-2-1-3-6-10/h1-8H,19H2/b15-12-. The topological polar surface area (TPSA) is 49.8 Å². The summed E-state index contributed by atoms with van der Waals surface area (Å²) < 4.78 is 13.8. The first-order valence-electron chi connectivity index (χ1n) is 5.54. The molecule has 2 nitrogen and oxygen atoms in total. The van der Waals surface area contributed by atoms with Crippen molar-refractivity contribution >= 4 is 27.2 Å². The second-order valence-corrected chi connectivity index (χ2v) is 4.66. The summed E-state index contributed by atoms with van der Waals surface area (Å²) in [6.45, 7) is 0. The molecule has 0 heterocycles. The van der Waals surface area contributed by atoms with Gasteiger partial charge in [0.25, 0.3) is 0 Å². The number of hydrogen-bond acceptors (Lipinski definition) is 2. The third-order valence-corrected chi connectivity index (χ3v) is 3.49. The van der Waals surface area contributed by atoms with Crippen molar-refractivity contribution in [1.29, 1.82) is 5.26 Å². The fourth-order valence-electron chi connectivity index (χ4n) is 1.73. The van der Waals surface area contributed by atoms with Gasteiger partial charge in [-0.15, -0.1) is 0 Å². The van der Waals surface area contributed by atoms with Gasteiger partial charge in [-0.1, -0.05) is 42.5 Å². The van der Waals surface area contributed by atoms with E-state index >= 15 is 0 Å². The van der Waals surface area contributed by atoms with Crippen molar-refractivity contribution in [2.24, 2.45) is 5.73 Å². The number of benzene rings is 2. The number of rotatable bonds is 2. The van der Waals surface area contributed by atoms with Crippen LogP contribution >= 0.6 is 15.9 Å². The minimum atomic E-state index is -0.411. The fourth-order valence-corrected chi connectivity index (χ4v) is 2.21. The lowest BCUT2D eigenvalue weighted by Gasteiger charge is -2.08. The summed E-state index contributed by atoms with van der Waals surface area (Å²) in [7, 11) is 0. The highest BCUT2D eigenvalue weighted by atomic mass is 79.9. The number of nitriles is 1. The Kier molecular flexibility index (Phi) is 3.98. The molecule has 2 aromatic carbocycles. The van der Waals surface area contributed by atoms with Crippen LogP contribution in [-0.4, -0.2) is 0 Å². The molecular formula is C15H10BrFN2. The highest BCUT2D eigenvalue weighted by Gasteiger charge is 2.13. The van der Waals surface area contributed by atoms with E-state index in [1.165, 1.54) is 6.07 Å². The van der Waals surface area contributed by atoms with Crippen LogP contribution in [0, 0.1) is 17.1 Å². The van der Waals surface area contributed by atoms with Gasteiger partial charge in [0.2, 0.25) is 0 Å². The molecule has 4 heteroatoms. The molecule has 0 aliphatic heterocycles. The minimum absolute atomic E-state index is 0.250. The number of nitrogens with two attached hydrogens (primary N) is 1. The molecule has 2 rings (SSSR count). The van der Waals surface area contributed by atoms with E-state index in [1.54, 1.807) is 24.3 Å². The predicted octanol–water partition coefficient (Wildman–Crippen LogP) is 3.94. The molecule has 19 heavy (non-hydrogen) atoms. The van der Waals surface area contributed by atoms with E-state index in [2.05, 4.69) is 22.0 Å². The Morgan fingerprint density at radius 2 is 1.79 bits per heavy atom. The Bertz CT molecular complexity index is 672. The van der Waals surface area contributed by atoms with Crippen molar-refractivity contribution < 1.29 is 4.39 Å². The summed E-state index contributed by atoms with van der Waals surface area (Å²) in [5.41, 5.74) is 7.77. The molecule has 0 amide bonds. The molecule has 0 saturated heterocycles. The van der Waals surface area contributed by atoms with Gasteiger partial charge in [-0.3, -0.25) is 0 Å². The Morgan fingerprint density at radius 1 is 1.11 bits per heavy atom. The van der Waals surface area contributed by atoms with Crippen LogP contribution in [-0.2, 0) is 0 Å². The Hall–Kier alpha value is -2.12. The molecule has 0 saturated carbocycles. The van der Waals surface area contributed by atoms with Crippen LogP contribution < -0.4 is 5.73 Å². The molecule has 2 aromatic rings. The zero-order valence-corrected chi connectivity index (χ0v) is 11.5. The molecular weight excluding hydrogens is 307 g/mol. The van der Waals surface area contributed by atoms with Gasteiger partial charge < -0.3 is 5.73 Å². The van der Waals surface area contributed by atoms with Crippen LogP contribution in [0.4, 0.5) is 4.39 Å². The summed E-state index contributed by atoms with van der Waals surface area (Å²) in [6, 6.07) is 15.7. The quantitative estimate of drug-likeness (QED) is 0.674. The number of allylic oxidation sites excluding steroid dienone is 1. The largest absolute Gasteiger partial charge is 0.397 e. The van der Waals surface area contributed by atoms with Crippen LogP contribution in [0.2, 0.25) is 0 Å². The second-order valence-electron chi connectivity index (χ2n) is 3.87. The zero-order chi connectivity index (χ0) is 13.8. The first-order valence-corrected chi connectivity index (χ1v) is 6.34. The van der Waals surface area contributed by atoms with Gasteiger partial charge >= 0.3 is 0 Å². The predicted molar refractivity (Wildman–Crippen MR) is 77.2 cm³/mol. The Balaban J connectivity index is 2.63. The van der Waals surface area contributed by atoms with Crippen molar-refractivity contribution in [3.63, 3.8) is 0 Å². The monoisotopic (exact) mass is 316 g/mol. The average molecular weight is 317 g/mol. The first kappa shape index (κ1) is 13.3. The molecule has 0 atom stereocenters. The van der Waals surface area contributed by atoms with E-state index in [-0.39, 0.29) is 10.2 Å². The first-order chi connectivity index (χ1) is 9.15. The van der Waals surface area contributed by atoms with Crippen LogP contribution in [0.15, 0.2) is 53.0 Å². The molecule has 0 radical (unpaired) electrons. The molecule has 0 aromatic heterocycles. The van der Waals surface area contributed by atoms with Crippen molar-refractivity contribution in [2.75, 3.05) is 0 Å². The second kappa shape index (κ2) is 5.68. The van der Waals surface area contributed by atoms with E-state index in [9.17, 15) is 9.65 Å². The Labute approximate surface area is 119 Å². The molecule has 0 aliphatic rings. The zero-order valence-electron chi connectivity index (χ0n) is 9.90. The van der Waals surface area contributed by atoms with Crippen LogP contribution in [0.25, 0.3) is 11.3 Å². The van der Waals surface area contributed by atoms with Gasteiger partial charge in [0, 0.05) is 5.56 Å². The number of halogens is 2. The molecule has 0 bridgehead atoms. The molecule has 0 fully saturated rings. The number of hydrogen-bond donors (Lipinski definition) is 1. The van der Waals surface area contributed by atoms with Crippen LogP contribution in [0.5, 0.6) is 0 Å². The van der Waals surface area contributed by atoms with E-state index in [4.69, 9.17) is 5.73 Å². The smallest absolute Gasteiger partial charge is 0.138 e. The lowest BCUT2D eigenvalue weighted by molar-refractivity contribution is 0.620. The average Bonchev–Trinajstić information content (AvgIpc) is 2.44. The third kappa shape index (κ3) is 2.67. The maximum absolute atomic E-state index is 13.5. The van der Waals surface area contributed by atoms with Gasteiger partial charge in [0.1, 0.15) is 11.9 Å². The van der Waals surface area contributed by atoms with E-state index in [1.807, 2.05) is 18.2 Å². The summed E-state index contributed by atoms with van der Waals surface area (Å²) >= 11 is 3.15. The van der Waals surface area contributed by atoms with E-state index in [0.29, 0.717) is 16.7 Å². The Morgan fingerprint density at radius 3 is 2.42 bits per heavy atom. The third-order valence-electron chi connectivity index (χ3n) is 2.69. The van der Waals surface area contributed by atoms with Gasteiger partial charge in [-0.05, 0) is 27.6 Å². The van der Waals surface area contributed by atoms with E-state index < -0.39 is 5.82 Å². The lowest BCUT2D eigenvalue weighted by atomic mass is 10.0. The van der Waals surface area contributed by atoms with Crippen molar-refractivity contribution in [2.45, 2.75) is 0 Å². The SMILES string of the molecule is N#C/C(=C(/N)c1cccc(F)c1Br)c1ccccc1. The lowest BCUT2D eigenvalue weighted by Crippen LogP contribution is -2.02. The van der Waals surface area contributed by atoms with Crippen LogP contribution in [0.3, 0.4) is 0 Å². The fraction of sp³-hybridized carbons (Fsp3) is 0. The molecule has 0 unspecified atom stereocenters. The molecule has 94 valence electrons. The minimum Gasteiger partial charge on any atom is -0.397 e. The highest BCUT2D eigenvalue weighted by Crippen LogP contribution is 2.29. The molecule has 0 spiro atoms. The van der Waals surface area contributed by atoms with Crippen molar-refractivity contribution in [1.82, 2.24) is 0 Å². The molecule has 0 aliphatic carbocycles. The van der Waals surface area contributed by atoms with Gasteiger partial charge in [0.15, 0.2) is 0 Å². The van der Waals surface area contributed by atoms with Gasteiger partial charge in [-0.2, -0.15) is 5.26 Å². The highest BCUT2D eigenvalue weighted by molar-refractivity contribution is 9.10. The summed E-state index contributed by atoms with van der Waals surface area (Å²) in [4.78, 5) is 0. The maximum atomic E-state index is 13.5. The van der Waals surface area contributed by atoms with E-state index in [0.717, 1.165) is 0 Å². The van der Waals surface area contributed by atoms with Crippen LogP contribution in [0.1, 0.15) is 11.1 Å². The van der Waals surface area contributed by atoms with Crippen molar-refractivity contribution in [3.05, 3.63) is 69.9 Å². The molecule has 2 N–H and O–H groups in total.